The van der Waals surface area contributed by atoms with E-state index < -0.39 is 0 Å². The summed E-state index contributed by atoms with van der Waals surface area (Å²) in [5.74, 6) is 0. The van der Waals surface area contributed by atoms with Crippen LogP contribution in [0.5, 0.6) is 0 Å². The third-order valence-electron chi connectivity index (χ3n) is 2.02. The summed E-state index contributed by atoms with van der Waals surface area (Å²) >= 11 is 3.68. The number of carbonyl (C=O) groups excluding carboxylic acids is 1. The monoisotopic (exact) mass is 318 g/mol. The second-order valence-corrected chi connectivity index (χ2v) is 5.07. The third kappa shape index (κ3) is 1.57. The zero-order valence-electron chi connectivity index (χ0n) is 7.16. The fourth-order valence-electron chi connectivity index (χ4n) is 1.32. The molecule has 0 aliphatic carbocycles. The van der Waals surface area contributed by atoms with Crippen molar-refractivity contribution in [1.82, 2.24) is 0 Å². The van der Waals surface area contributed by atoms with Gasteiger partial charge in [0.2, 0.25) is 0 Å². The molecule has 4 heteroatoms. The number of rotatable bonds is 2. The fraction of sp³-hybridized carbons (Fsp3) is 0.100. The van der Waals surface area contributed by atoms with Gasteiger partial charge in [-0.1, -0.05) is 6.07 Å². The van der Waals surface area contributed by atoms with E-state index in [-0.39, 0.29) is 6.61 Å². The molecule has 1 aromatic carbocycles. The van der Waals surface area contributed by atoms with Crippen molar-refractivity contribution in [2.75, 3.05) is 0 Å². The number of fused-ring (bicyclic) bond motifs is 1. The lowest BCUT2D eigenvalue weighted by atomic mass is 10.2. The van der Waals surface area contributed by atoms with Crippen LogP contribution < -0.4 is 0 Å². The highest BCUT2D eigenvalue weighted by Crippen LogP contribution is 2.30. The van der Waals surface area contributed by atoms with E-state index in [9.17, 15) is 4.79 Å². The van der Waals surface area contributed by atoms with Crippen molar-refractivity contribution in [3.63, 3.8) is 0 Å². The predicted molar refractivity (Wildman–Crippen MR) is 65.9 cm³/mol. The molecular formula is C10H7IO2S. The molecule has 1 heterocycles. The topological polar surface area (TPSA) is 37.3 Å². The summed E-state index contributed by atoms with van der Waals surface area (Å²) in [5, 5.41) is 10.1. The molecule has 0 unspecified atom stereocenters. The summed E-state index contributed by atoms with van der Waals surface area (Å²) in [4.78, 5) is 11.3. The van der Waals surface area contributed by atoms with Crippen LogP contribution in [0.1, 0.15) is 15.2 Å². The molecule has 0 radical (unpaired) electrons. The lowest BCUT2D eigenvalue weighted by Crippen LogP contribution is -1.87. The van der Waals surface area contributed by atoms with Crippen LogP contribution >= 0.6 is 33.9 Å². The molecule has 0 aliphatic heterocycles. The molecule has 0 amide bonds. The first kappa shape index (κ1) is 10.1. The maximum absolute atomic E-state index is 10.6. The van der Waals surface area contributed by atoms with Crippen LogP contribution in [0.3, 0.4) is 0 Å². The van der Waals surface area contributed by atoms with Gasteiger partial charge in [-0.15, -0.1) is 11.3 Å². The standard InChI is InChI=1S/C10H7IO2S/c11-10-6(4-12)1-2-9-8(10)3-7(5-13)14-9/h1-3,5,12H,4H2. The quantitative estimate of drug-likeness (QED) is 0.683. The number of benzene rings is 1. The van der Waals surface area contributed by atoms with E-state index in [1.54, 1.807) is 0 Å². The largest absolute Gasteiger partial charge is 0.392 e. The molecule has 0 saturated carbocycles. The summed E-state index contributed by atoms with van der Waals surface area (Å²) < 4.78 is 2.13. The lowest BCUT2D eigenvalue weighted by molar-refractivity contribution is 0.112. The van der Waals surface area contributed by atoms with Crippen LogP contribution in [0.15, 0.2) is 18.2 Å². The minimum absolute atomic E-state index is 0.0421. The maximum atomic E-state index is 10.6. The van der Waals surface area contributed by atoms with Crippen LogP contribution in [0.2, 0.25) is 0 Å². The summed E-state index contributed by atoms with van der Waals surface area (Å²) in [6, 6.07) is 5.71. The van der Waals surface area contributed by atoms with E-state index in [0.29, 0.717) is 0 Å². The van der Waals surface area contributed by atoms with Crippen LogP contribution in [-0.4, -0.2) is 11.4 Å². The van der Waals surface area contributed by atoms with Gasteiger partial charge in [-0.2, -0.15) is 0 Å². The Hall–Kier alpha value is -0.460. The number of thiophene rings is 1. The molecule has 72 valence electrons. The van der Waals surface area contributed by atoms with E-state index in [1.165, 1.54) is 11.3 Å². The molecule has 1 N–H and O–H groups in total. The van der Waals surface area contributed by atoms with Crippen molar-refractivity contribution in [2.24, 2.45) is 0 Å². The number of aliphatic hydroxyl groups excluding tert-OH is 1. The number of halogens is 1. The van der Waals surface area contributed by atoms with Gasteiger partial charge in [0.1, 0.15) is 0 Å². The normalized spacial score (nSPS) is 10.7. The highest BCUT2D eigenvalue weighted by molar-refractivity contribution is 14.1. The van der Waals surface area contributed by atoms with Gasteiger partial charge >= 0.3 is 0 Å². The SMILES string of the molecule is O=Cc1cc2c(I)c(CO)ccc2s1. The maximum Gasteiger partial charge on any atom is 0.160 e. The van der Waals surface area contributed by atoms with Crippen LogP contribution in [0.4, 0.5) is 0 Å². The molecule has 0 spiro atoms. The zero-order valence-corrected chi connectivity index (χ0v) is 10.1. The first-order valence-corrected chi connectivity index (χ1v) is 5.92. The summed E-state index contributed by atoms with van der Waals surface area (Å²) in [5.41, 5.74) is 0.911. The predicted octanol–water partition coefficient (Wildman–Crippen LogP) is 2.81. The van der Waals surface area contributed by atoms with Gasteiger partial charge in [0.25, 0.3) is 0 Å². The van der Waals surface area contributed by atoms with Crippen LogP contribution in [0, 0.1) is 3.57 Å². The third-order valence-corrected chi connectivity index (χ3v) is 4.32. The van der Waals surface area contributed by atoms with Crippen molar-refractivity contribution < 1.29 is 9.90 Å². The molecule has 0 atom stereocenters. The average Bonchev–Trinajstić information content (AvgIpc) is 2.62. The molecular weight excluding hydrogens is 311 g/mol. The number of hydrogen-bond donors (Lipinski definition) is 1. The van der Waals surface area contributed by atoms with Gasteiger partial charge in [-0.25, -0.2) is 0 Å². The number of hydrogen-bond acceptors (Lipinski definition) is 3. The summed E-state index contributed by atoms with van der Waals surface area (Å²) in [6.45, 7) is 0.0421. The molecule has 0 aliphatic rings. The van der Waals surface area contributed by atoms with Crippen molar-refractivity contribution in [1.29, 1.82) is 0 Å². The molecule has 2 nitrogen and oxygen atoms in total. The molecule has 2 aromatic rings. The van der Waals surface area contributed by atoms with E-state index >= 15 is 0 Å². The van der Waals surface area contributed by atoms with Crippen molar-refractivity contribution in [2.45, 2.75) is 6.61 Å². The van der Waals surface area contributed by atoms with E-state index in [1.807, 2.05) is 18.2 Å². The Labute approximate surface area is 98.7 Å². The molecule has 0 fully saturated rings. The Kier molecular flexibility index (Phi) is 2.85. The first-order chi connectivity index (χ1) is 6.76. The summed E-state index contributed by atoms with van der Waals surface area (Å²) in [6.07, 6.45) is 0.860. The molecule has 14 heavy (non-hydrogen) atoms. The number of aliphatic hydroxyl groups is 1. The Morgan fingerprint density at radius 1 is 1.50 bits per heavy atom. The Bertz CT molecular complexity index is 490. The minimum Gasteiger partial charge on any atom is -0.392 e. The van der Waals surface area contributed by atoms with Gasteiger partial charge < -0.3 is 5.11 Å². The van der Waals surface area contributed by atoms with Crippen molar-refractivity contribution >= 4 is 50.3 Å². The van der Waals surface area contributed by atoms with Gasteiger partial charge in [0, 0.05) is 13.7 Å². The van der Waals surface area contributed by atoms with Crippen LogP contribution in [-0.2, 0) is 6.61 Å². The molecule has 0 saturated heterocycles. The summed E-state index contributed by atoms with van der Waals surface area (Å²) in [7, 11) is 0. The number of carbonyl (C=O) groups is 1. The van der Waals surface area contributed by atoms with Crippen molar-refractivity contribution in [3.8, 4) is 0 Å². The second-order valence-electron chi connectivity index (χ2n) is 2.88. The first-order valence-electron chi connectivity index (χ1n) is 4.03. The Morgan fingerprint density at radius 2 is 2.29 bits per heavy atom. The molecule has 1 aromatic heterocycles. The van der Waals surface area contributed by atoms with E-state index in [0.717, 1.165) is 30.4 Å². The Balaban J connectivity index is 2.74. The second kappa shape index (κ2) is 3.96. The smallest absolute Gasteiger partial charge is 0.160 e. The van der Waals surface area contributed by atoms with Crippen molar-refractivity contribution in [3.05, 3.63) is 32.2 Å². The highest BCUT2D eigenvalue weighted by Gasteiger charge is 2.07. The highest BCUT2D eigenvalue weighted by atomic mass is 127. The molecule has 0 bridgehead atoms. The zero-order chi connectivity index (χ0) is 10.1. The van der Waals surface area contributed by atoms with E-state index in [4.69, 9.17) is 5.11 Å². The van der Waals surface area contributed by atoms with E-state index in [2.05, 4.69) is 22.6 Å². The van der Waals surface area contributed by atoms with Gasteiger partial charge in [0.05, 0.1) is 11.5 Å². The average molecular weight is 318 g/mol. The number of aldehydes is 1. The van der Waals surface area contributed by atoms with Gasteiger partial charge in [-0.05, 0) is 40.3 Å². The van der Waals surface area contributed by atoms with Gasteiger partial charge in [0.15, 0.2) is 6.29 Å². The van der Waals surface area contributed by atoms with Gasteiger partial charge in [-0.3, -0.25) is 4.79 Å². The minimum atomic E-state index is 0.0421. The van der Waals surface area contributed by atoms with Crippen LogP contribution in [0.25, 0.3) is 10.1 Å². The fourth-order valence-corrected chi connectivity index (χ4v) is 3.19. The molecule has 2 rings (SSSR count). The lowest BCUT2D eigenvalue weighted by Gasteiger charge is -2.00. The Morgan fingerprint density at radius 3 is 2.93 bits per heavy atom.